The molecule has 98 valence electrons. The van der Waals surface area contributed by atoms with Crippen LogP contribution in [0.1, 0.15) is 0 Å². The summed E-state index contributed by atoms with van der Waals surface area (Å²) in [6.45, 7) is 1.26. The van der Waals surface area contributed by atoms with Gasteiger partial charge in [0.2, 0.25) is 0 Å². The van der Waals surface area contributed by atoms with Crippen molar-refractivity contribution >= 4 is 23.3 Å². The summed E-state index contributed by atoms with van der Waals surface area (Å²) in [7, 11) is 3.58. The largest absolute Gasteiger partial charge is 0.495 e. The minimum absolute atomic E-state index is 0.0664. The summed E-state index contributed by atoms with van der Waals surface area (Å²) in [5.41, 5.74) is 6.49. The van der Waals surface area contributed by atoms with E-state index in [1.54, 1.807) is 7.11 Å². The van der Waals surface area contributed by atoms with E-state index in [4.69, 9.17) is 26.8 Å². The van der Waals surface area contributed by atoms with Gasteiger partial charge in [-0.2, -0.15) is 0 Å². The van der Waals surface area contributed by atoms with Crippen LogP contribution < -0.4 is 15.4 Å². The molecular weight excluding hydrogens is 254 g/mol. The first kappa shape index (κ1) is 12.8. The Labute approximate surface area is 111 Å². The number of nitrogens with zero attached hydrogens (tertiary/aromatic N) is 2. The van der Waals surface area contributed by atoms with Gasteiger partial charge in [-0.1, -0.05) is 11.6 Å². The maximum atomic E-state index is 5.99. The summed E-state index contributed by atoms with van der Waals surface area (Å²) < 4.78 is 10.3. The average Bonchev–Trinajstić information content (AvgIpc) is 2.75. The number of likely N-dealkylation sites (N-methyl/N-ethyl adjacent to an activating group) is 1. The molecule has 1 aliphatic heterocycles. The zero-order valence-corrected chi connectivity index (χ0v) is 11.1. The van der Waals surface area contributed by atoms with Crippen molar-refractivity contribution in [3.8, 4) is 5.75 Å². The second-order valence-electron chi connectivity index (χ2n) is 4.13. The zero-order valence-electron chi connectivity index (χ0n) is 10.4. The highest BCUT2D eigenvalue weighted by Crippen LogP contribution is 2.29. The highest BCUT2D eigenvalue weighted by Gasteiger charge is 2.19. The van der Waals surface area contributed by atoms with E-state index in [0.29, 0.717) is 17.4 Å². The van der Waals surface area contributed by atoms with Gasteiger partial charge in [0.05, 0.1) is 12.1 Å². The number of hydrogen-bond acceptors (Lipinski definition) is 5. The fraction of sp³-hybridized carbons (Fsp3) is 0.417. The molecule has 2 rings (SSSR count). The molecule has 0 aromatic heterocycles. The summed E-state index contributed by atoms with van der Waals surface area (Å²) in [5, 5.41) is 0.598. The van der Waals surface area contributed by atoms with Crippen molar-refractivity contribution in [2.45, 2.75) is 6.04 Å². The van der Waals surface area contributed by atoms with Gasteiger partial charge in [-0.25, -0.2) is 4.99 Å². The van der Waals surface area contributed by atoms with Gasteiger partial charge in [0.15, 0.2) is 0 Å². The molecule has 1 atom stereocenters. The summed E-state index contributed by atoms with van der Waals surface area (Å²) in [6.07, 6.45) is 0. The number of amidine groups is 1. The van der Waals surface area contributed by atoms with E-state index < -0.39 is 0 Å². The van der Waals surface area contributed by atoms with E-state index in [-0.39, 0.29) is 12.1 Å². The van der Waals surface area contributed by atoms with Gasteiger partial charge in [0.25, 0.3) is 6.02 Å². The summed E-state index contributed by atoms with van der Waals surface area (Å²) in [4.78, 5) is 6.25. The van der Waals surface area contributed by atoms with Gasteiger partial charge in [-0.15, -0.1) is 0 Å². The number of anilines is 1. The highest BCUT2D eigenvalue weighted by atomic mass is 35.5. The molecule has 0 unspecified atom stereocenters. The summed E-state index contributed by atoms with van der Waals surface area (Å²) >= 11 is 5.99. The number of hydrogen-bond donors (Lipinski definition) is 1. The van der Waals surface area contributed by atoms with Crippen LogP contribution in [0.2, 0.25) is 5.02 Å². The third-order valence-corrected chi connectivity index (χ3v) is 3.11. The standard InChI is InChI=1S/C12H16ClN3O2/c1-16(6-8-7-18-12(14)15-8)9-3-4-10(13)11(5-9)17-2/h3-5,8H,6-7H2,1-2H3,(H2,14,15)/t8-/m1/s1. The van der Waals surface area contributed by atoms with Gasteiger partial charge in [-0.3, -0.25) is 0 Å². The monoisotopic (exact) mass is 269 g/mol. The maximum Gasteiger partial charge on any atom is 0.282 e. The first-order chi connectivity index (χ1) is 8.60. The third-order valence-electron chi connectivity index (χ3n) is 2.79. The second kappa shape index (κ2) is 5.35. The van der Waals surface area contributed by atoms with Crippen LogP contribution >= 0.6 is 11.6 Å². The molecule has 1 aromatic rings. The van der Waals surface area contributed by atoms with E-state index in [1.165, 1.54) is 0 Å². The van der Waals surface area contributed by atoms with Gasteiger partial charge < -0.3 is 20.1 Å². The average molecular weight is 270 g/mol. The van der Waals surface area contributed by atoms with Crippen LogP contribution in [0.25, 0.3) is 0 Å². The van der Waals surface area contributed by atoms with Crippen molar-refractivity contribution in [2.24, 2.45) is 10.7 Å². The molecule has 18 heavy (non-hydrogen) atoms. The molecule has 0 saturated heterocycles. The van der Waals surface area contributed by atoms with Crippen molar-refractivity contribution in [1.82, 2.24) is 0 Å². The Morgan fingerprint density at radius 1 is 1.61 bits per heavy atom. The molecule has 5 nitrogen and oxygen atoms in total. The SMILES string of the molecule is COc1cc(N(C)C[C@@H]2COC(N)=N2)ccc1Cl. The lowest BCUT2D eigenvalue weighted by molar-refractivity contribution is 0.314. The minimum atomic E-state index is 0.0664. The smallest absolute Gasteiger partial charge is 0.282 e. The van der Waals surface area contributed by atoms with Crippen LogP contribution in [-0.4, -0.2) is 39.4 Å². The third kappa shape index (κ3) is 2.79. The van der Waals surface area contributed by atoms with E-state index in [2.05, 4.69) is 9.89 Å². The van der Waals surface area contributed by atoms with Crippen molar-refractivity contribution < 1.29 is 9.47 Å². The molecule has 0 bridgehead atoms. The predicted octanol–water partition coefficient (Wildman–Crippen LogP) is 1.50. The normalized spacial score (nSPS) is 18.2. The van der Waals surface area contributed by atoms with Crippen LogP contribution in [0, 0.1) is 0 Å². The first-order valence-corrected chi connectivity index (χ1v) is 5.98. The molecule has 0 amide bonds. The fourth-order valence-corrected chi connectivity index (χ4v) is 2.03. The number of halogens is 1. The van der Waals surface area contributed by atoms with Crippen LogP contribution in [0.15, 0.2) is 23.2 Å². The minimum Gasteiger partial charge on any atom is -0.495 e. The van der Waals surface area contributed by atoms with Crippen molar-refractivity contribution in [3.05, 3.63) is 23.2 Å². The van der Waals surface area contributed by atoms with E-state index in [1.807, 2.05) is 25.2 Å². The molecule has 0 aliphatic carbocycles. The molecule has 0 radical (unpaired) electrons. The topological polar surface area (TPSA) is 60.1 Å². The van der Waals surface area contributed by atoms with Gasteiger partial charge in [0.1, 0.15) is 18.4 Å². The predicted molar refractivity (Wildman–Crippen MR) is 72.6 cm³/mol. The van der Waals surface area contributed by atoms with Crippen molar-refractivity contribution in [1.29, 1.82) is 0 Å². The van der Waals surface area contributed by atoms with Gasteiger partial charge in [0, 0.05) is 25.3 Å². The zero-order chi connectivity index (χ0) is 13.1. The Balaban J connectivity index is 2.06. The number of aliphatic imine (C=N–C) groups is 1. The molecule has 1 aliphatic rings. The van der Waals surface area contributed by atoms with E-state index in [0.717, 1.165) is 12.2 Å². The van der Waals surface area contributed by atoms with Crippen LogP contribution in [0.3, 0.4) is 0 Å². The van der Waals surface area contributed by atoms with Crippen LogP contribution in [0.5, 0.6) is 5.75 Å². The Morgan fingerprint density at radius 3 is 3.00 bits per heavy atom. The molecule has 0 fully saturated rings. The number of methoxy groups -OCH3 is 1. The summed E-state index contributed by atoms with van der Waals surface area (Å²) in [6, 6.07) is 5.98. The number of benzene rings is 1. The highest BCUT2D eigenvalue weighted by molar-refractivity contribution is 6.32. The Bertz CT molecular complexity index is 465. The van der Waals surface area contributed by atoms with Crippen molar-refractivity contribution in [3.63, 3.8) is 0 Å². The quantitative estimate of drug-likeness (QED) is 0.900. The molecular formula is C12H16ClN3O2. The Kier molecular flexibility index (Phi) is 3.81. The Morgan fingerprint density at radius 2 is 2.39 bits per heavy atom. The lowest BCUT2D eigenvalue weighted by atomic mass is 10.2. The van der Waals surface area contributed by atoms with Crippen LogP contribution in [-0.2, 0) is 4.74 Å². The number of nitrogens with two attached hydrogens (primary N) is 1. The van der Waals surface area contributed by atoms with E-state index >= 15 is 0 Å². The Hall–Kier alpha value is -1.62. The van der Waals surface area contributed by atoms with Gasteiger partial charge in [-0.05, 0) is 12.1 Å². The summed E-state index contributed by atoms with van der Waals surface area (Å²) in [5.74, 6) is 0.659. The second-order valence-corrected chi connectivity index (χ2v) is 4.54. The molecule has 2 N–H and O–H groups in total. The van der Waals surface area contributed by atoms with Gasteiger partial charge >= 0.3 is 0 Å². The molecule has 0 spiro atoms. The molecule has 1 heterocycles. The number of rotatable bonds is 4. The lowest BCUT2D eigenvalue weighted by Gasteiger charge is -2.21. The number of ether oxygens (including phenoxy) is 2. The fourth-order valence-electron chi connectivity index (χ4n) is 1.84. The van der Waals surface area contributed by atoms with Crippen molar-refractivity contribution in [2.75, 3.05) is 32.2 Å². The van der Waals surface area contributed by atoms with E-state index in [9.17, 15) is 0 Å². The molecule has 6 heteroatoms. The first-order valence-electron chi connectivity index (χ1n) is 5.61. The molecule has 0 saturated carbocycles. The molecule has 1 aromatic carbocycles. The van der Waals surface area contributed by atoms with Crippen LogP contribution in [0.4, 0.5) is 5.69 Å². The lowest BCUT2D eigenvalue weighted by Crippen LogP contribution is -2.28. The maximum absolute atomic E-state index is 5.99.